The van der Waals surface area contributed by atoms with Gasteiger partial charge < -0.3 is 35.4 Å². The number of nitrogens with two attached hydrogens (primary N) is 2. The van der Waals surface area contributed by atoms with E-state index in [2.05, 4.69) is 37.1 Å². The maximum absolute atomic E-state index is 13.9. The first kappa shape index (κ1) is 49.1. The summed E-state index contributed by atoms with van der Waals surface area (Å²) in [6, 6.07) is 10.1. The molecule has 2 aromatic carbocycles. The number of carbonyl (C=O) groups is 4. The van der Waals surface area contributed by atoms with E-state index in [1.54, 1.807) is 55.8 Å². The number of benzene rings is 2. The predicted octanol–water partition coefficient (Wildman–Crippen LogP) is 5.05. The number of likely N-dealkylation sites (tertiary alicyclic amines) is 1. The second-order valence-corrected chi connectivity index (χ2v) is 15.7. The Kier molecular flexibility index (Phi) is 16.3. The van der Waals surface area contributed by atoms with E-state index in [0.717, 1.165) is 32.5 Å². The van der Waals surface area contributed by atoms with Crippen molar-refractivity contribution in [2.24, 2.45) is 11.5 Å². The lowest BCUT2D eigenvalue weighted by molar-refractivity contribution is 0.0991. The van der Waals surface area contributed by atoms with Crippen LogP contribution in [-0.2, 0) is 26.2 Å². The van der Waals surface area contributed by atoms with Gasteiger partial charge in [-0.1, -0.05) is 38.2 Å². The monoisotopic (exact) mass is 918 g/mol. The first-order valence-electron chi connectivity index (χ1n) is 22.6. The minimum absolute atomic E-state index is 0.162. The van der Waals surface area contributed by atoms with E-state index in [4.69, 9.17) is 30.9 Å². The summed E-state index contributed by atoms with van der Waals surface area (Å²) in [6.07, 6.45) is 9.90. The van der Waals surface area contributed by atoms with Crippen molar-refractivity contribution in [3.8, 4) is 11.5 Å². The smallest absolute Gasteiger partial charge is 0.276 e. The van der Waals surface area contributed by atoms with E-state index >= 15 is 0 Å². The Morgan fingerprint density at radius 2 is 1.16 bits per heavy atom. The fraction of sp³-hybridized carbons (Fsp3) is 0.404. The molecule has 0 saturated carbocycles. The molecule has 20 heteroatoms. The molecule has 356 valence electrons. The number of fused-ring (bicyclic) bond motifs is 2. The molecular formula is C47H62N14O6. The van der Waals surface area contributed by atoms with Gasteiger partial charge in [0.1, 0.15) is 40.5 Å². The van der Waals surface area contributed by atoms with Crippen LogP contribution in [0, 0.1) is 13.8 Å². The van der Waals surface area contributed by atoms with Gasteiger partial charge in [0.05, 0.1) is 29.5 Å². The van der Waals surface area contributed by atoms with Crippen molar-refractivity contribution in [2.45, 2.75) is 86.6 Å². The molecule has 0 spiro atoms. The summed E-state index contributed by atoms with van der Waals surface area (Å²) < 4.78 is 18.8. The van der Waals surface area contributed by atoms with Crippen LogP contribution in [0.15, 0.2) is 60.7 Å². The number of hydrogen-bond donors (Lipinski definition) is 5. The van der Waals surface area contributed by atoms with Crippen LogP contribution >= 0.6 is 0 Å². The van der Waals surface area contributed by atoms with Gasteiger partial charge in [0.2, 0.25) is 23.7 Å². The molecule has 7 rings (SSSR count). The maximum atomic E-state index is 13.9. The molecule has 67 heavy (non-hydrogen) atoms. The Morgan fingerprint density at radius 1 is 0.701 bits per heavy atom. The second-order valence-electron chi connectivity index (χ2n) is 15.7. The first-order chi connectivity index (χ1) is 32.3. The fourth-order valence-corrected chi connectivity index (χ4v) is 8.02. The van der Waals surface area contributed by atoms with Crippen LogP contribution in [0.5, 0.6) is 11.5 Å². The first-order valence-corrected chi connectivity index (χ1v) is 22.6. The highest BCUT2D eigenvalue weighted by molar-refractivity contribution is 6.05. The number of primary amides is 2. The fourth-order valence-electron chi connectivity index (χ4n) is 8.02. The van der Waals surface area contributed by atoms with Crippen molar-refractivity contribution >= 4 is 57.6 Å². The molecule has 20 nitrogen and oxygen atoms in total. The summed E-state index contributed by atoms with van der Waals surface area (Å²) in [4.78, 5) is 64.3. The number of nitrogens with zero attached hydrogens (tertiary/aromatic N) is 9. The predicted molar refractivity (Wildman–Crippen MR) is 258 cm³/mol. The number of nitrogens with one attached hydrogen (secondary N) is 3. The Hall–Kier alpha value is -7.32. The number of aryl methyl sites for hydroxylation is 4. The zero-order valence-electron chi connectivity index (χ0n) is 39.6. The zero-order valence-corrected chi connectivity index (χ0v) is 39.6. The number of carbonyl (C=O) groups excluding carboxylic acids is 4. The van der Waals surface area contributed by atoms with E-state index in [1.165, 1.54) is 13.2 Å². The van der Waals surface area contributed by atoms with Gasteiger partial charge in [-0.25, -0.2) is 9.97 Å². The van der Waals surface area contributed by atoms with E-state index in [-0.39, 0.29) is 42.7 Å². The number of aromatic nitrogens is 8. The number of amides is 4. The zero-order chi connectivity index (χ0) is 48.4. The number of imidazole rings is 2. The van der Waals surface area contributed by atoms with Crippen LogP contribution in [-0.4, -0.2) is 114 Å². The van der Waals surface area contributed by atoms with E-state index in [0.29, 0.717) is 75.5 Å². The minimum atomic E-state index is -0.667. The van der Waals surface area contributed by atoms with Crippen LogP contribution in [0.1, 0.15) is 93.6 Å². The summed E-state index contributed by atoms with van der Waals surface area (Å²) in [5.74, 6) is -1.16. The standard InChI is InChI=1S/C45H56N14O6.C2H6/c1-7-58-34(21-27(3)53-58)42(62)51-44-49-32-23-29(40(46)60)25-36(64-6)38(32)56(44)16-9-10-17-57-39-33(50-45(57)52-43(63)35-22-28(4)54-59(35)8-2)24-30(41(47)61)26-37(39)65-20-12-11-15-55-18-13-31(48-5)14-19-55;1-2/h9-12,21-26,31,48H,7-8,13-20H2,1-6H3,(H2,46,60)(H2,47,61)(H,49,51,62)(H,50,52,63);1-2H3/b10-9+,12-11+;. The van der Waals surface area contributed by atoms with Crippen LogP contribution in [0.4, 0.5) is 11.9 Å². The highest BCUT2D eigenvalue weighted by Crippen LogP contribution is 2.33. The van der Waals surface area contributed by atoms with Gasteiger partial charge in [-0.3, -0.25) is 44.1 Å². The van der Waals surface area contributed by atoms with Crippen LogP contribution in [0.3, 0.4) is 0 Å². The topological polar surface area (TPSA) is 249 Å². The van der Waals surface area contributed by atoms with E-state index in [9.17, 15) is 19.2 Å². The maximum Gasteiger partial charge on any atom is 0.276 e. The number of hydrogen-bond acceptors (Lipinski definition) is 12. The summed E-state index contributed by atoms with van der Waals surface area (Å²) in [5.41, 5.74) is 15.6. The lowest BCUT2D eigenvalue weighted by Crippen LogP contribution is -2.41. The average molecular weight is 919 g/mol. The number of piperidine rings is 1. The normalized spacial score (nSPS) is 13.4. The highest BCUT2D eigenvalue weighted by Gasteiger charge is 2.24. The molecule has 0 bridgehead atoms. The molecule has 1 aliphatic rings. The van der Waals surface area contributed by atoms with Crippen LogP contribution in [0.2, 0.25) is 0 Å². The lowest BCUT2D eigenvalue weighted by atomic mass is 10.1. The SMILES string of the molecule is CC.CCn1nc(C)cc1C(=O)Nc1nc2cc(C(N)=O)cc(OC)c2n1C/C=C/Cn1c(NC(=O)c2cc(C)nn2CC)nc2cc(C(N)=O)cc(OC/C=C/CN3CCC(NC)CC3)c21. The van der Waals surface area contributed by atoms with Crippen molar-refractivity contribution in [1.29, 1.82) is 0 Å². The van der Waals surface area contributed by atoms with Gasteiger partial charge in [0.25, 0.3) is 11.8 Å². The number of allylic oxidation sites excluding steroid dienone is 2. The molecular weight excluding hydrogens is 857 g/mol. The van der Waals surface area contributed by atoms with Gasteiger partial charge >= 0.3 is 0 Å². The lowest BCUT2D eigenvalue weighted by Gasteiger charge is -2.30. The Bertz CT molecular complexity index is 2800. The highest BCUT2D eigenvalue weighted by atomic mass is 16.5. The molecule has 0 radical (unpaired) electrons. The molecule has 0 unspecified atom stereocenters. The average Bonchev–Trinajstić information content (AvgIpc) is 4.10. The van der Waals surface area contributed by atoms with Gasteiger partial charge in [-0.2, -0.15) is 10.2 Å². The summed E-state index contributed by atoms with van der Waals surface area (Å²) in [7, 11) is 3.47. The largest absolute Gasteiger partial charge is 0.494 e. The van der Waals surface area contributed by atoms with E-state index in [1.807, 2.05) is 59.9 Å². The Balaban J connectivity index is 0.00000365. The number of ether oxygens (including phenoxy) is 2. The molecule has 1 aliphatic heterocycles. The third-order valence-electron chi connectivity index (χ3n) is 11.3. The number of anilines is 2. The van der Waals surface area contributed by atoms with Crippen molar-refractivity contribution in [3.05, 3.63) is 94.6 Å². The van der Waals surface area contributed by atoms with Crippen LogP contribution < -0.4 is 36.9 Å². The minimum Gasteiger partial charge on any atom is -0.494 e. The number of rotatable bonds is 19. The summed E-state index contributed by atoms with van der Waals surface area (Å²) in [6.45, 7) is 15.7. The molecule has 1 saturated heterocycles. The summed E-state index contributed by atoms with van der Waals surface area (Å²) in [5, 5.41) is 18.1. The van der Waals surface area contributed by atoms with Gasteiger partial charge in [0.15, 0.2) is 0 Å². The molecule has 4 aromatic heterocycles. The third-order valence-corrected chi connectivity index (χ3v) is 11.3. The third kappa shape index (κ3) is 11.2. The second kappa shape index (κ2) is 22.2. The van der Waals surface area contributed by atoms with Crippen molar-refractivity contribution in [1.82, 2.24) is 48.9 Å². The van der Waals surface area contributed by atoms with Crippen molar-refractivity contribution in [2.75, 3.05) is 51.0 Å². The number of methoxy groups -OCH3 is 1. The Labute approximate surface area is 389 Å². The molecule has 1 fully saturated rings. The van der Waals surface area contributed by atoms with Crippen molar-refractivity contribution in [3.63, 3.8) is 0 Å². The molecule has 0 atom stereocenters. The molecule has 5 heterocycles. The van der Waals surface area contributed by atoms with Gasteiger partial charge in [-0.15, -0.1) is 0 Å². The van der Waals surface area contributed by atoms with Crippen molar-refractivity contribution < 1.29 is 28.7 Å². The molecule has 6 aromatic rings. The quantitative estimate of drug-likeness (QED) is 0.0670. The molecule has 0 aliphatic carbocycles. The van der Waals surface area contributed by atoms with Gasteiger partial charge in [0, 0.05) is 49.9 Å². The Morgan fingerprint density at radius 3 is 1.61 bits per heavy atom. The molecule has 4 amide bonds. The van der Waals surface area contributed by atoms with Gasteiger partial charge in [-0.05, 0) is 97.1 Å². The molecule has 7 N–H and O–H groups in total. The summed E-state index contributed by atoms with van der Waals surface area (Å²) >= 11 is 0. The van der Waals surface area contributed by atoms with Crippen LogP contribution in [0.25, 0.3) is 22.1 Å². The van der Waals surface area contributed by atoms with E-state index < -0.39 is 23.6 Å².